The number of nitrogen functional groups attached to an aromatic ring is 1. The number of halogens is 5. The van der Waals surface area contributed by atoms with E-state index in [0.717, 1.165) is 6.07 Å². The summed E-state index contributed by atoms with van der Waals surface area (Å²) in [5.41, 5.74) is 5.52. The van der Waals surface area contributed by atoms with Crippen LogP contribution in [0.4, 0.5) is 44.0 Å². The van der Waals surface area contributed by atoms with Gasteiger partial charge in [-0.3, -0.25) is 0 Å². The zero-order valence-corrected chi connectivity index (χ0v) is 15.9. The molecule has 0 aliphatic heterocycles. The first-order chi connectivity index (χ1) is 15.1. The van der Waals surface area contributed by atoms with Gasteiger partial charge in [-0.15, -0.1) is 0 Å². The molecular formula is C21H13F5N4O2. The van der Waals surface area contributed by atoms with Crippen LogP contribution < -0.4 is 16.4 Å². The van der Waals surface area contributed by atoms with E-state index in [1.807, 2.05) is 0 Å². The summed E-state index contributed by atoms with van der Waals surface area (Å²) >= 11 is 0. The fourth-order valence-electron chi connectivity index (χ4n) is 3.13. The van der Waals surface area contributed by atoms with E-state index < -0.39 is 29.4 Å². The Morgan fingerprint density at radius 1 is 0.906 bits per heavy atom. The van der Waals surface area contributed by atoms with Crippen molar-refractivity contribution in [2.45, 2.75) is 6.18 Å². The number of hydrogen-bond donors (Lipinski definition) is 3. The van der Waals surface area contributed by atoms with E-state index >= 15 is 0 Å². The first-order valence-corrected chi connectivity index (χ1v) is 9.02. The molecule has 164 valence electrons. The van der Waals surface area contributed by atoms with Crippen LogP contribution in [0.25, 0.3) is 22.0 Å². The number of carbonyl (C=O) groups is 1. The lowest BCUT2D eigenvalue weighted by molar-refractivity contribution is -0.139. The number of nitrogens with two attached hydrogens (primary N) is 1. The van der Waals surface area contributed by atoms with Crippen LogP contribution >= 0.6 is 0 Å². The molecule has 0 radical (unpaired) electrons. The van der Waals surface area contributed by atoms with Gasteiger partial charge in [0.2, 0.25) is 5.88 Å². The molecule has 32 heavy (non-hydrogen) atoms. The Balaban J connectivity index is 1.51. The van der Waals surface area contributed by atoms with Crippen molar-refractivity contribution in [1.82, 2.24) is 5.16 Å². The van der Waals surface area contributed by atoms with Crippen LogP contribution in [0, 0.1) is 11.6 Å². The van der Waals surface area contributed by atoms with Crippen molar-refractivity contribution in [2.24, 2.45) is 0 Å². The fraction of sp³-hybridized carbons (Fsp3) is 0.0476. The Kier molecular flexibility index (Phi) is 5.17. The number of nitrogens with one attached hydrogen (secondary N) is 2. The number of fused-ring (bicyclic) bond motifs is 1. The van der Waals surface area contributed by atoms with Gasteiger partial charge in [0.15, 0.2) is 11.3 Å². The summed E-state index contributed by atoms with van der Waals surface area (Å²) in [7, 11) is 0. The second-order valence-corrected chi connectivity index (χ2v) is 6.71. The minimum atomic E-state index is -4.90. The van der Waals surface area contributed by atoms with E-state index in [9.17, 15) is 26.7 Å². The van der Waals surface area contributed by atoms with Gasteiger partial charge in [0, 0.05) is 11.4 Å². The number of carbonyl (C=O) groups excluding carboxylic acids is 1. The van der Waals surface area contributed by atoms with Gasteiger partial charge in [-0.1, -0.05) is 23.4 Å². The van der Waals surface area contributed by atoms with Gasteiger partial charge in [-0.2, -0.15) is 13.2 Å². The maximum Gasteiger partial charge on any atom is 0.419 e. The molecule has 0 aliphatic carbocycles. The molecule has 3 aromatic carbocycles. The van der Waals surface area contributed by atoms with Crippen LogP contribution in [0.3, 0.4) is 0 Å². The van der Waals surface area contributed by atoms with E-state index in [1.165, 1.54) is 24.3 Å². The van der Waals surface area contributed by atoms with Crippen LogP contribution in [0.5, 0.6) is 0 Å². The van der Waals surface area contributed by atoms with Crippen molar-refractivity contribution in [2.75, 3.05) is 16.4 Å². The minimum absolute atomic E-state index is 0.0147. The fourth-order valence-corrected chi connectivity index (χ4v) is 3.13. The molecule has 1 heterocycles. The zero-order valence-electron chi connectivity index (χ0n) is 15.9. The highest BCUT2D eigenvalue weighted by Gasteiger charge is 2.34. The quantitative estimate of drug-likeness (QED) is 0.334. The molecule has 0 bridgehead atoms. The minimum Gasteiger partial charge on any atom is -0.367 e. The molecule has 4 rings (SSSR count). The number of rotatable bonds is 3. The van der Waals surface area contributed by atoms with E-state index in [0.29, 0.717) is 34.3 Å². The number of anilines is 3. The zero-order chi connectivity index (χ0) is 23.0. The number of benzene rings is 3. The third-order valence-corrected chi connectivity index (χ3v) is 4.59. The van der Waals surface area contributed by atoms with Crippen LogP contribution in [0.15, 0.2) is 59.1 Å². The second-order valence-electron chi connectivity index (χ2n) is 6.71. The van der Waals surface area contributed by atoms with Crippen molar-refractivity contribution in [3.63, 3.8) is 0 Å². The van der Waals surface area contributed by atoms with Crippen molar-refractivity contribution in [3.05, 3.63) is 71.8 Å². The summed E-state index contributed by atoms with van der Waals surface area (Å²) in [5.74, 6) is -2.08. The van der Waals surface area contributed by atoms with Crippen molar-refractivity contribution < 1.29 is 31.3 Å². The Bertz CT molecular complexity index is 1320. The molecule has 0 unspecified atom stereocenters. The van der Waals surface area contributed by atoms with E-state index in [4.69, 9.17) is 10.3 Å². The largest absolute Gasteiger partial charge is 0.419 e. The van der Waals surface area contributed by atoms with Gasteiger partial charge >= 0.3 is 12.2 Å². The summed E-state index contributed by atoms with van der Waals surface area (Å²) in [6.07, 6.45) is -4.90. The van der Waals surface area contributed by atoms with Gasteiger partial charge in [0.1, 0.15) is 5.82 Å². The van der Waals surface area contributed by atoms with Crippen LogP contribution in [-0.4, -0.2) is 11.2 Å². The summed E-state index contributed by atoms with van der Waals surface area (Å²) in [4.78, 5) is 12.1. The second kappa shape index (κ2) is 7.84. The average molecular weight is 448 g/mol. The Hall–Kier alpha value is -4.15. The highest BCUT2D eigenvalue weighted by atomic mass is 19.4. The van der Waals surface area contributed by atoms with E-state index in [2.05, 4.69) is 15.8 Å². The molecule has 0 aliphatic rings. The lowest BCUT2D eigenvalue weighted by Gasteiger charge is -2.12. The lowest BCUT2D eigenvalue weighted by atomic mass is 10.0. The molecule has 2 amide bonds. The number of hydrogen-bond acceptors (Lipinski definition) is 4. The molecule has 0 fully saturated rings. The first kappa shape index (κ1) is 21.1. The topological polar surface area (TPSA) is 93.2 Å². The first-order valence-electron chi connectivity index (χ1n) is 9.02. The maximum absolute atomic E-state index is 13.9. The molecule has 0 spiro atoms. The SMILES string of the molecule is Nc1onc2c(F)ccc(-c3ccc(NC(=O)Nc4ccc(F)c(C(F)(F)F)c4)cc3)c12. The third-order valence-electron chi connectivity index (χ3n) is 4.59. The predicted molar refractivity (Wildman–Crippen MR) is 108 cm³/mol. The van der Waals surface area contributed by atoms with Crippen LogP contribution in [0.2, 0.25) is 0 Å². The van der Waals surface area contributed by atoms with E-state index in [-0.39, 0.29) is 17.1 Å². The van der Waals surface area contributed by atoms with Gasteiger partial charge < -0.3 is 20.9 Å². The summed E-state index contributed by atoms with van der Waals surface area (Å²) in [5, 5.41) is 8.57. The molecule has 0 saturated carbocycles. The Morgan fingerprint density at radius 2 is 1.53 bits per heavy atom. The van der Waals surface area contributed by atoms with Gasteiger partial charge in [0.25, 0.3) is 0 Å². The molecule has 4 aromatic rings. The molecule has 6 nitrogen and oxygen atoms in total. The molecule has 0 atom stereocenters. The highest BCUT2D eigenvalue weighted by molar-refractivity contribution is 6.02. The molecular weight excluding hydrogens is 435 g/mol. The number of aromatic nitrogens is 1. The third kappa shape index (κ3) is 4.04. The summed E-state index contributed by atoms with van der Waals surface area (Å²) in [6, 6.07) is 10.3. The van der Waals surface area contributed by atoms with Gasteiger partial charge in [-0.05, 0) is 47.5 Å². The number of amides is 2. The van der Waals surface area contributed by atoms with Gasteiger partial charge in [-0.25, -0.2) is 13.6 Å². The highest BCUT2D eigenvalue weighted by Crippen LogP contribution is 2.35. The molecule has 4 N–H and O–H groups in total. The standard InChI is InChI=1S/C21H13F5N4O2/c22-15-7-5-12(9-14(15)21(24,25)26)29-20(31)28-11-3-1-10(2-4-11)13-6-8-16(23)18-17(13)19(27)32-30-18/h1-9H,27H2,(H2,28,29,31). The van der Waals surface area contributed by atoms with Crippen molar-refractivity contribution >= 4 is 34.2 Å². The van der Waals surface area contributed by atoms with Crippen molar-refractivity contribution in [1.29, 1.82) is 0 Å². The maximum atomic E-state index is 13.9. The molecule has 0 saturated heterocycles. The predicted octanol–water partition coefficient (Wildman–Crippen LogP) is 6.02. The van der Waals surface area contributed by atoms with E-state index in [1.54, 1.807) is 12.1 Å². The summed E-state index contributed by atoms with van der Waals surface area (Å²) < 4.78 is 70.5. The lowest BCUT2D eigenvalue weighted by Crippen LogP contribution is -2.20. The Morgan fingerprint density at radius 3 is 2.22 bits per heavy atom. The van der Waals surface area contributed by atoms with Crippen LogP contribution in [-0.2, 0) is 6.18 Å². The smallest absolute Gasteiger partial charge is 0.367 e. The van der Waals surface area contributed by atoms with Gasteiger partial charge in [0.05, 0.1) is 10.9 Å². The molecule has 11 heteroatoms. The number of urea groups is 1. The molecule has 1 aromatic heterocycles. The number of nitrogens with zero attached hydrogens (tertiary/aromatic N) is 1. The normalized spacial score (nSPS) is 11.5. The van der Waals surface area contributed by atoms with Crippen molar-refractivity contribution in [3.8, 4) is 11.1 Å². The van der Waals surface area contributed by atoms with Crippen LogP contribution in [0.1, 0.15) is 5.56 Å². The monoisotopic (exact) mass is 448 g/mol. The summed E-state index contributed by atoms with van der Waals surface area (Å²) in [6.45, 7) is 0. The number of alkyl halides is 3. The Labute approximate surface area is 176 Å². The average Bonchev–Trinajstić information content (AvgIpc) is 3.12.